The van der Waals surface area contributed by atoms with Gasteiger partial charge in [-0.15, -0.1) is 0 Å². The molecule has 0 aromatic heterocycles. The van der Waals surface area contributed by atoms with Crippen LogP contribution in [0.1, 0.15) is 41.0 Å². The fourth-order valence-electron chi connectivity index (χ4n) is 0.890. The van der Waals surface area contributed by atoms with Crippen molar-refractivity contribution in [2.24, 2.45) is 16.6 Å². The van der Waals surface area contributed by atoms with E-state index >= 15 is 0 Å². The number of nitrogens with two attached hydrogens (primary N) is 1. The molecule has 0 aliphatic heterocycles. The first kappa shape index (κ1) is 15.9. The van der Waals surface area contributed by atoms with Crippen LogP contribution in [-0.2, 0) is 10.0 Å². The van der Waals surface area contributed by atoms with Crippen LogP contribution in [0.4, 0.5) is 0 Å². The predicted molar refractivity (Wildman–Crippen MR) is 68.7 cm³/mol. The van der Waals surface area contributed by atoms with Gasteiger partial charge in [-0.3, -0.25) is 0 Å². The van der Waals surface area contributed by atoms with Gasteiger partial charge in [0.25, 0.3) is 0 Å². The third kappa shape index (κ3) is 8.07. The Kier molecular flexibility index (Phi) is 5.42. The summed E-state index contributed by atoms with van der Waals surface area (Å²) in [5.74, 6) is 0.178. The first-order chi connectivity index (χ1) is 6.97. The standard InChI is InChI=1S/C11H26N2O2S/c1-10(2,3)6-7-16(14,15)13-9-11(4,5)8-12/h13H,6-9,12H2,1-5H3. The van der Waals surface area contributed by atoms with Crippen LogP contribution in [-0.4, -0.2) is 27.3 Å². The van der Waals surface area contributed by atoms with Crippen LogP contribution in [0.2, 0.25) is 0 Å². The summed E-state index contributed by atoms with van der Waals surface area (Å²) in [6, 6.07) is 0. The van der Waals surface area contributed by atoms with Crippen molar-refractivity contribution in [3.05, 3.63) is 0 Å². The number of hydrogen-bond acceptors (Lipinski definition) is 3. The Morgan fingerprint density at radius 3 is 2.00 bits per heavy atom. The molecule has 0 aromatic carbocycles. The second kappa shape index (κ2) is 5.47. The predicted octanol–water partition coefficient (Wildman–Crippen LogP) is 1.33. The minimum absolute atomic E-state index is 0.0398. The molecule has 0 aliphatic rings. The maximum Gasteiger partial charge on any atom is 0.211 e. The lowest BCUT2D eigenvalue weighted by atomic mass is 9.94. The van der Waals surface area contributed by atoms with Crippen molar-refractivity contribution in [2.45, 2.75) is 41.0 Å². The van der Waals surface area contributed by atoms with Crippen LogP contribution in [0.3, 0.4) is 0 Å². The van der Waals surface area contributed by atoms with Gasteiger partial charge in [-0.2, -0.15) is 0 Å². The molecular weight excluding hydrogens is 224 g/mol. The zero-order valence-corrected chi connectivity index (χ0v) is 11.9. The van der Waals surface area contributed by atoms with Crippen LogP contribution in [0.5, 0.6) is 0 Å². The lowest BCUT2D eigenvalue weighted by Crippen LogP contribution is -2.39. The lowest BCUT2D eigenvalue weighted by Gasteiger charge is -2.23. The van der Waals surface area contributed by atoms with Gasteiger partial charge >= 0.3 is 0 Å². The summed E-state index contributed by atoms with van der Waals surface area (Å²) in [6.45, 7) is 10.9. The second-order valence-electron chi connectivity index (χ2n) is 6.32. The molecular formula is C11H26N2O2S. The minimum Gasteiger partial charge on any atom is -0.330 e. The average molecular weight is 250 g/mol. The van der Waals surface area contributed by atoms with Crippen LogP contribution < -0.4 is 10.5 Å². The molecule has 4 nitrogen and oxygen atoms in total. The molecule has 98 valence electrons. The topological polar surface area (TPSA) is 72.2 Å². The summed E-state index contributed by atoms with van der Waals surface area (Å²) in [7, 11) is -3.16. The highest BCUT2D eigenvalue weighted by atomic mass is 32.2. The molecule has 0 fully saturated rings. The molecule has 3 N–H and O–H groups in total. The number of sulfonamides is 1. The third-order valence-corrected chi connectivity index (χ3v) is 3.77. The molecule has 0 amide bonds. The Bertz CT molecular complexity index is 302. The molecule has 0 atom stereocenters. The monoisotopic (exact) mass is 250 g/mol. The van der Waals surface area contributed by atoms with E-state index in [1.165, 1.54) is 0 Å². The van der Waals surface area contributed by atoms with Gasteiger partial charge in [0.15, 0.2) is 0 Å². The molecule has 0 rings (SSSR count). The van der Waals surface area contributed by atoms with Crippen molar-refractivity contribution in [1.82, 2.24) is 4.72 Å². The number of hydrogen-bond donors (Lipinski definition) is 2. The first-order valence-corrected chi connectivity index (χ1v) is 7.30. The zero-order valence-electron chi connectivity index (χ0n) is 11.1. The molecule has 0 saturated carbocycles. The summed E-state index contributed by atoms with van der Waals surface area (Å²) >= 11 is 0. The second-order valence-corrected chi connectivity index (χ2v) is 8.25. The minimum atomic E-state index is -3.16. The Morgan fingerprint density at radius 2 is 1.62 bits per heavy atom. The van der Waals surface area contributed by atoms with Crippen LogP contribution in [0.15, 0.2) is 0 Å². The van der Waals surface area contributed by atoms with E-state index in [9.17, 15) is 8.42 Å². The highest BCUT2D eigenvalue weighted by molar-refractivity contribution is 7.89. The van der Waals surface area contributed by atoms with E-state index in [1.807, 2.05) is 34.6 Å². The van der Waals surface area contributed by atoms with Gasteiger partial charge in [0, 0.05) is 6.54 Å². The molecule has 0 bridgehead atoms. The van der Waals surface area contributed by atoms with E-state index in [4.69, 9.17) is 5.73 Å². The molecule has 0 spiro atoms. The lowest BCUT2D eigenvalue weighted by molar-refractivity contribution is 0.372. The van der Waals surface area contributed by atoms with Crippen LogP contribution in [0, 0.1) is 10.8 Å². The molecule has 0 saturated heterocycles. The van der Waals surface area contributed by atoms with E-state index in [0.717, 1.165) is 0 Å². The largest absolute Gasteiger partial charge is 0.330 e. The molecule has 0 radical (unpaired) electrons. The fraction of sp³-hybridized carbons (Fsp3) is 1.00. The van der Waals surface area contributed by atoms with Crippen molar-refractivity contribution in [3.63, 3.8) is 0 Å². The first-order valence-electron chi connectivity index (χ1n) is 5.65. The Labute approximate surface area is 100 Å². The quantitative estimate of drug-likeness (QED) is 0.747. The summed E-state index contributed by atoms with van der Waals surface area (Å²) in [5.41, 5.74) is 5.40. The van der Waals surface area contributed by atoms with Crippen molar-refractivity contribution >= 4 is 10.0 Å². The molecule has 0 unspecified atom stereocenters. The van der Waals surface area contributed by atoms with E-state index in [-0.39, 0.29) is 16.6 Å². The van der Waals surface area contributed by atoms with Crippen molar-refractivity contribution < 1.29 is 8.42 Å². The fourth-order valence-corrected chi connectivity index (χ4v) is 2.53. The average Bonchev–Trinajstić information content (AvgIpc) is 2.12. The molecule has 16 heavy (non-hydrogen) atoms. The van der Waals surface area contributed by atoms with Gasteiger partial charge in [-0.25, -0.2) is 13.1 Å². The Hall–Kier alpha value is -0.130. The highest BCUT2D eigenvalue weighted by Crippen LogP contribution is 2.19. The Morgan fingerprint density at radius 1 is 1.12 bits per heavy atom. The van der Waals surface area contributed by atoms with Gasteiger partial charge in [-0.05, 0) is 23.8 Å². The van der Waals surface area contributed by atoms with E-state index in [1.54, 1.807) is 0 Å². The zero-order chi connectivity index (χ0) is 13.0. The third-order valence-electron chi connectivity index (χ3n) is 2.44. The number of nitrogens with one attached hydrogen (secondary N) is 1. The van der Waals surface area contributed by atoms with Crippen LogP contribution >= 0.6 is 0 Å². The van der Waals surface area contributed by atoms with Gasteiger partial charge in [-0.1, -0.05) is 34.6 Å². The molecule has 0 heterocycles. The van der Waals surface area contributed by atoms with Gasteiger partial charge in [0.1, 0.15) is 0 Å². The summed E-state index contributed by atoms with van der Waals surface area (Å²) in [4.78, 5) is 0. The van der Waals surface area contributed by atoms with Crippen LogP contribution in [0.25, 0.3) is 0 Å². The molecule has 5 heteroatoms. The molecule has 0 aliphatic carbocycles. The summed E-state index contributed by atoms with van der Waals surface area (Å²) in [6.07, 6.45) is 0.658. The van der Waals surface area contributed by atoms with Crippen molar-refractivity contribution in [2.75, 3.05) is 18.8 Å². The summed E-state index contributed by atoms with van der Waals surface area (Å²) in [5, 5.41) is 0. The van der Waals surface area contributed by atoms with Crippen molar-refractivity contribution in [3.8, 4) is 0 Å². The summed E-state index contributed by atoms with van der Waals surface area (Å²) < 4.78 is 26.0. The normalized spacial score (nSPS) is 14.1. The number of rotatable bonds is 6. The maximum atomic E-state index is 11.7. The van der Waals surface area contributed by atoms with E-state index in [2.05, 4.69) is 4.72 Å². The van der Waals surface area contributed by atoms with E-state index in [0.29, 0.717) is 19.5 Å². The maximum absolute atomic E-state index is 11.7. The van der Waals surface area contributed by atoms with Crippen molar-refractivity contribution in [1.29, 1.82) is 0 Å². The Balaban J connectivity index is 4.18. The van der Waals surface area contributed by atoms with Gasteiger partial charge in [0.05, 0.1) is 5.75 Å². The highest BCUT2D eigenvalue weighted by Gasteiger charge is 2.21. The van der Waals surface area contributed by atoms with Gasteiger partial charge in [0.2, 0.25) is 10.0 Å². The SMILES string of the molecule is CC(C)(C)CCS(=O)(=O)NCC(C)(C)CN. The smallest absolute Gasteiger partial charge is 0.211 e. The molecule has 0 aromatic rings. The van der Waals surface area contributed by atoms with E-state index < -0.39 is 10.0 Å². The van der Waals surface area contributed by atoms with Gasteiger partial charge < -0.3 is 5.73 Å².